The number of esters is 1. The molecule has 122 valence electrons. The van der Waals surface area contributed by atoms with Gasteiger partial charge in [0.25, 0.3) is 0 Å². The van der Waals surface area contributed by atoms with Gasteiger partial charge in [0.05, 0.1) is 6.61 Å². The molecule has 22 heavy (non-hydrogen) atoms. The van der Waals surface area contributed by atoms with Crippen molar-refractivity contribution in [2.45, 2.75) is 45.8 Å². The molecule has 2 N–H and O–H groups in total. The van der Waals surface area contributed by atoms with Crippen LogP contribution in [0.4, 0.5) is 4.79 Å². The van der Waals surface area contributed by atoms with Crippen LogP contribution in [0.15, 0.2) is 24.3 Å². The lowest BCUT2D eigenvalue weighted by molar-refractivity contribution is -0.145. The standard InChI is InChI=1S/C16H23NO5/c1-5-21-14(19)13(17-15(20)22-16(2,3)4)10-11-6-8-12(18)9-7-11/h6-9,13,18H,5,10H2,1-4H3,(H,17,20)/t13-/m0/s1. The van der Waals surface area contributed by atoms with E-state index >= 15 is 0 Å². The molecule has 0 heterocycles. The molecular formula is C16H23NO5. The average molecular weight is 309 g/mol. The molecule has 6 heteroatoms. The smallest absolute Gasteiger partial charge is 0.408 e. The molecule has 0 aromatic heterocycles. The van der Waals surface area contributed by atoms with E-state index < -0.39 is 23.7 Å². The summed E-state index contributed by atoms with van der Waals surface area (Å²) < 4.78 is 10.1. The van der Waals surface area contributed by atoms with Crippen LogP contribution in [-0.4, -0.2) is 35.4 Å². The van der Waals surface area contributed by atoms with Gasteiger partial charge in [-0.3, -0.25) is 0 Å². The average Bonchev–Trinajstić information content (AvgIpc) is 2.38. The number of carbonyl (C=O) groups excluding carboxylic acids is 2. The third kappa shape index (κ3) is 6.47. The van der Waals surface area contributed by atoms with Crippen molar-refractivity contribution in [3.05, 3.63) is 29.8 Å². The summed E-state index contributed by atoms with van der Waals surface area (Å²) in [6.45, 7) is 7.15. The summed E-state index contributed by atoms with van der Waals surface area (Å²) in [6, 6.07) is 5.55. The van der Waals surface area contributed by atoms with Gasteiger partial charge in [-0.2, -0.15) is 0 Å². The van der Waals surface area contributed by atoms with Crippen LogP contribution in [0.5, 0.6) is 5.75 Å². The fraction of sp³-hybridized carbons (Fsp3) is 0.500. The molecule has 6 nitrogen and oxygen atoms in total. The Kier molecular flexibility index (Phi) is 6.22. The summed E-state index contributed by atoms with van der Waals surface area (Å²) in [7, 11) is 0. The lowest BCUT2D eigenvalue weighted by Gasteiger charge is -2.23. The van der Waals surface area contributed by atoms with Gasteiger partial charge in [-0.1, -0.05) is 12.1 Å². The number of aromatic hydroxyl groups is 1. The number of ether oxygens (including phenoxy) is 2. The Morgan fingerprint density at radius 2 is 1.82 bits per heavy atom. The van der Waals surface area contributed by atoms with E-state index in [4.69, 9.17) is 9.47 Å². The van der Waals surface area contributed by atoms with Crippen molar-refractivity contribution in [2.75, 3.05) is 6.61 Å². The predicted molar refractivity (Wildman–Crippen MR) is 81.6 cm³/mol. The van der Waals surface area contributed by atoms with Crippen molar-refractivity contribution in [2.24, 2.45) is 0 Å². The molecule has 0 aliphatic heterocycles. The Balaban J connectivity index is 2.77. The first-order valence-electron chi connectivity index (χ1n) is 7.15. The highest BCUT2D eigenvalue weighted by Gasteiger charge is 2.25. The Bertz CT molecular complexity index is 504. The van der Waals surface area contributed by atoms with Crippen LogP contribution >= 0.6 is 0 Å². The van der Waals surface area contributed by atoms with Crippen LogP contribution < -0.4 is 5.32 Å². The van der Waals surface area contributed by atoms with Crippen LogP contribution in [0.25, 0.3) is 0 Å². The summed E-state index contributed by atoms with van der Waals surface area (Å²) in [4.78, 5) is 23.8. The van der Waals surface area contributed by atoms with E-state index in [2.05, 4.69) is 5.32 Å². The minimum atomic E-state index is -0.848. The highest BCUT2D eigenvalue weighted by Crippen LogP contribution is 2.13. The monoisotopic (exact) mass is 309 g/mol. The van der Waals surface area contributed by atoms with Gasteiger partial charge in [-0.25, -0.2) is 9.59 Å². The number of phenolic OH excluding ortho intramolecular Hbond substituents is 1. The second-order valence-corrected chi connectivity index (χ2v) is 5.82. The molecule has 0 aliphatic rings. The zero-order valence-electron chi connectivity index (χ0n) is 13.4. The van der Waals surface area contributed by atoms with E-state index in [1.165, 1.54) is 12.1 Å². The van der Waals surface area contributed by atoms with E-state index in [0.29, 0.717) is 0 Å². The number of hydrogen-bond acceptors (Lipinski definition) is 5. The number of benzene rings is 1. The highest BCUT2D eigenvalue weighted by molar-refractivity contribution is 5.81. The molecule has 0 radical (unpaired) electrons. The molecule has 0 unspecified atom stereocenters. The summed E-state index contributed by atoms with van der Waals surface area (Å²) in [5.74, 6) is -0.391. The normalized spacial score (nSPS) is 12.4. The number of alkyl carbamates (subject to hydrolysis) is 1. The Morgan fingerprint density at radius 3 is 2.32 bits per heavy atom. The fourth-order valence-electron chi connectivity index (χ4n) is 1.75. The number of hydrogen-bond donors (Lipinski definition) is 2. The lowest BCUT2D eigenvalue weighted by Crippen LogP contribution is -2.45. The van der Waals surface area contributed by atoms with Gasteiger partial charge in [-0.15, -0.1) is 0 Å². The van der Waals surface area contributed by atoms with Crippen molar-refractivity contribution in [3.63, 3.8) is 0 Å². The lowest BCUT2D eigenvalue weighted by atomic mass is 10.1. The van der Waals surface area contributed by atoms with Crippen molar-refractivity contribution < 1.29 is 24.2 Å². The van der Waals surface area contributed by atoms with E-state index in [9.17, 15) is 14.7 Å². The van der Waals surface area contributed by atoms with Crippen LogP contribution in [0.1, 0.15) is 33.3 Å². The van der Waals surface area contributed by atoms with Gasteiger partial charge in [-0.05, 0) is 45.4 Å². The van der Waals surface area contributed by atoms with Crippen molar-refractivity contribution in [3.8, 4) is 5.75 Å². The van der Waals surface area contributed by atoms with Gasteiger partial charge in [0.15, 0.2) is 0 Å². The minimum Gasteiger partial charge on any atom is -0.508 e. The summed E-state index contributed by atoms with van der Waals surface area (Å²) in [6.07, 6.45) is -0.428. The van der Waals surface area contributed by atoms with Crippen molar-refractivity contribution in [1.82, 2.24) is 5.32 Å². The summed E-state index contributed by atoms with van der Waals surface area (Å²) >= 11 is 0. The van der Waals surface area contributed by atoms with Gasteiger partial charge >= 0.3 is 12.1 Å². The molecular weight excluding hydrogens is 286 g/mol. The first-order chi connectivity index (χ1) is 10.2. The number of nitrogens with one attached hydrogen (secondary N) is 1. The van der Waals surface area contributed by atoms with E-state index in [1.54, 1.807) is 39.8 Å². The molecule has 1 rings (SSSR count). The predicted octanol–water partition coefficient (Wildman–Crippen LogP) is 2.39. The number of rotatable bonds is 5. The highest BCUT2D eigenvalue weighted by atomic mass is 16.6. The molecule has 0 saturated carbocycles. The largest absolute Gasteiger partial charge is 0.508 e. The van der Waals surface area contributed by atoms with Crippen LogP contribution in [0, 0.1) is 0 Å². The zero-order valence-corrected chi connectivity index (χ0v) is 13.4. The fourth-order valence-corrected chi connectivity index (χ4v) is 1.75. The quantitative estimate of drug-likeness (QED) is 0.816. The molecule has 0 aliphatic carbocycles. The van der Waals surface area contributed by atoms with E-state index in [1.807, 2.05) is 0 Å². The van der Waals surface area contributed by atoms with E-state index in [-0.39, 0.29) is 18.8 Å². The number of carbonyl (C=O) groups is 2. The number of phenols is 1. The topological polar surface area (TPSA) is 84.9 Å². The first kappa shape index (κ1) is 17.8. The Hall–Kier alpha value is -2.24. The second-order valence-electron chi connectivity index (χ2n) is 5.82. The SMILES string of the molecule is CCOC(=O)[C@H](Cc1ccc(O)cc1)NC(=O)OC(C)(C)C. The van der Waals surface area contributed by atoms with Crippen molar-refractivity contribution in [1.29, 1.82) is 0 Å². The first-order valence-corrected chi connectivity index (χ1v) is 7.15. The number of amides is 1. The maximum atomic E-state index is 12.0. The molecule has 1 atom stereocenters. The molecule has 1 aromatic carbocycles. The maximum Gasteiger partial charge on any atom is 0.408 e. The van der Waals surface area contributed by atoms with Gasteiger partial charge in [0.2, 0.25) is 0 Å². The van der Waals surface area contributed by atoms with Crippen molar-refractivity contribution >= 4 is 12.1 Å². The summed E-state index contributed by atoms with van der Waals surface area (Å²) in [5, 5.41) is 11.8. The molecule has 0 bridgehead atoms. The van der Waals surface area contributed by atoms with Gasteiger partial charge < -0.3 is 19.9 Å². The Morgan fingerprint density at radius 1 is 1.23 bits per heavy atom. The summed E-state index contributed by atoms with van der Waals surface area (Å²) in [5.41, 5.74) is 0.133. The second kappa shape index (κ2) is 7.68. The van der Waals surface area contributed by atoms with Crippen LogP contribution in [-0.2, 0) is 20.7 Å². The van der Waals surface area contributed by atoms with E-state index in [0.717, 1.165) is 5.56 Å². The van der Waals surface area contributed by atoms with Crippen LogP contribution in [0.3, 0.4) is 0 Å². The molecule has 0 saturated heterocycles. The van der Waals surface area contributed by atoms with Gasteiger partial charge in [0, 0.05) is 6.42 Å². The molecule has 0 fully saturated rings. The zero-order chi connectivity index (χ0) is 16.8. The minimum absolute atomic E-state index is 0.136. The third-order valence-electron chi connectivity index (χ3n) is 2.64. The van der Waals surface area contributed by atoms with Gasteiger partial charge in [0.1, 0.15) is 17.4 Å². The Labute approximate surface area is 130 Å². The van der Waals surface area contributed by atoms with Crippen LogP contribution in [0.2, 0.25) is 0 Å². The molecule has 1 amide bonds. The third-order valence-corrected chi connectivity index (χ3v) is 2.64. The molecule has 1 aromatic rings. The molecule has 0 spiro atoms. The maximum absolute atomic E-state index is 12.0.